The van der Waals surface area contributed by atoms with Gasteiger partial charge in [-0.1, -0.05) is 6.92 Å². The molecule has 0 radical (unpaired) electrons. The molecule has 0 aliphatic carbocycles. The predicted octanol–water partition coefficient (Wildman–Crippen LogP) is -0.454. The molecular formula is C10H20N2O4. The van der Waals surface area contributed by atoms with Gasteiger partial charge in [-0.3, -0.25) is 14.5 Å². The predicted molar refractivity (Wildman–Crippen MR) is 59.3 cm³/mol. The van der Waals surface area contributed by atoms with E-state index in [2.05, 4.69) is 10.2 Å². The molecule has 0 unspecified atom stereocenters. The Morgan fingerprint density at radius 3 is 2.56 bits per heavy atom. The number of rotatable bonds is 4. The lowest BCUT2D eigenvalue weighted by Gasteiger charge is -2.26. The van der Waals surface area contributed by atoms with Gasteiger partial charge in [-0.2, -0.15) is 0 Å². The number of hydrogen-bond donors (Lipinski definition) is 2. The number of nitrogens with zero attached hydrogens (tertiary/aromatic N) is 1. The second-order valence-electron chi connectivity index (χ2n) is 3.26. The molecule has 1 amide bonds. The molecule has 0 aromatic heterocycles. The standard InChI is InChI=1S/C9H18N2O2.CH2O2/c1-2-9(12)10-3-4-11-5-7-13-8-6-11;2-1-3/h2-8H2,1H3,(H,10,12);1H,(H,2,3). The molecule has 0 aromatic rings. The van der Waals surface area contributed by atoms with Gasteiger partial charge in [0.15, 0.2) is 0 Å². The van der Waals surface area contributed by atoms with Crippen LogP contribution in [0.25, 0.3) is 0 Å². The van der Waals surface area contributed by atoms with E-state index in [-0.39, 0.29) is 12.4 Å². The van der Waals surface area contributed by atoms with Crippen LogP contribution in [0.15, 0.2) is 0 Å². The SMILES string of the molecule is CCC(=O)NCCN1CCOCC1.O=CO. The van der Waals surface area contributed by atoms with Crippen molar-refractivity contribution in [1.82, 2.24) is 10.2 Å². The number of nitrogens with one attached hydrogen (secondary N) is 1. The molecule has 0 bridgehead atoms. The molecule has 0 spiro atoms. The molecule has 0 saturated carbocycles. The summed E-state index contributed by atoms with van der Waals surface area (Å²) >= 11 is 0. The second-order valence-corrected chi connectivity index (χ2v) is 3.26. The summed E-state index contributed by atoms with van der Waals surface area (Å²) in [5.74, 6) is 0.133. The van der Waals surface area contributed by atoms with E-state index in [1.165, 1.54) is 0 Å². The first-order valence-electron chi connectivity index (χ1n) is 5.39. The van der Waals surface area contributed by atoms with E-state index in [1.54, 1.807) is 0 Å². The normalized spacial score (nSPS) is 15.8. The maximum atomic E-state index is 10.9. The summed E-state index contributed by atoms with van der Waals surface area (Å²) in [6.07, 6.45) is 0.573. The van der Waals surface area contributed by atoms with Gasteiger partial charge in [-0.15, -0.1) is 0 Å². The van der Waals surface area contributed by atoms with Crippen molar-refractivity contribution in [1.29, 1.82) is 0 Å². The highest BCUT2D eigenvalue weighted by atomic mass is 16.5. The summed E-state index contributed by atoms with van der Waals surface area (Å²) in [5.41, 5.74) is 0. The summed E-state index contributed by atoms with van der Waals surface area (Å²) in [4.78, 5) is 21.6. The first-order valence-corrected chi connectivity index (χ1v) is 5.39. The van der Waals surface area contributed by atoms with Crippen molar-refractivity contribution in [2.75, 3.05) is 39.4 Å². The third-order valence-electron chi connectivity index (χ3n) is 2.18. The van der Waals surface area contributed by atoms with Gasteiger partial charge < -0.3 is 15.2 Å². The van der Waals surface area contributed by atoms with E-state index in [1.807, 2.05) is 6.92 Å². The third kappa shape index (κ3) is 8.19. The van der Waals surface area contributed by atoms with Gasteiger partial charge in [0.1, 0.15) is 0 Å². The Kier molecular flexibility index (Phi) is 9.64. The molecule has 1 fully saturated rings. The number of carbonyl (C=O) groups excluding carboxylic acids is 1. The molecular weight excluding hydrogens is 212 g/mol. The summed E-state index contributed by atoms with van der Waals surface area (Å²) < 4.78 is 5.22. The quantitative estimate of drug-likeness (QED) is 0.642. The van der Waals surface area contributed by atoms with E-state index >= 15 is 0 Å². The maximum absolute atomic E-state index is 10.9. The molecule has 1 heterocycles. The van der Waals surface area contributed by atoms with Gasteiger partial charge in [-0.05, 0) is 0 Å². The highest BCUT2D eigenvalue weighted by Gasteiger charge is 2.09. The van der Waals surface area contributed by atoms with Crippen molar-refractivity contribution in [2.45, 2.75) is 13.3 Å². The van der Waals surface area contributed by atoms with Crippen molar-refractivity contribution in [3.8, 4) is 0 Å². The molecule has 2 N–H and O–H groups in total. The number of morpholine rings is 1. The Morgan fingerprint density at radius 1 is 1.50 bits per heavy atom. The third-order valence-corrected chi connectivity index (χ3v) is 2.18. The van der Waals surface area contributed by atoms with E-state index < -0.39 is 0 Å². The van der Waals surface area contributed by atoms with Gasteiger partial charge >= 0.3 is 0 Å². The zero-order chi connectivity index (χ0) is 12.2. The van der Waals surface area contributed by atoms with Crippen LogP contribution in [0.3, 0.4) is 0 Å². The number of carboxylic acid groups (broad SMARTS) is 1. The van der Waals surface area contributed by atoms with Crippen LogP contribution >= 0.6 is 0 Å². The van der Waals surface area contributed by atoms with Crippen LogP contribution in [-0.4, -0.2) is 61.8 Å². The smallest absolute Gasteiger partial charge is 0.290 e. The van der Waals surface area contributed by atoms with Crippen molar-refractivity contribution >= 4 is 12.4 Å². The zero-order valence-electron chi connectivity index (χ0n) is 9.65. The van der Waals surface area contributed by atoms with Gasteiger partial charge in [-0.25, -0.2) is 0 Å². The highest BCUT2D eigenvalue weighted by Crippen LogP contribution is 1.94. The Morgan fingerprint density at radius 2 is 2.06 bits per heavy atom. The molecule has 1 rings (SSSR count). The molecule has 1 saturated heterocycles. The van der Waals surface area contributed by atoms with Crippen LogP contribution < -0.4 is 5.32 Å². The highest BCUT2D eigenvalue weighted by molar-refractivity contribution is 5.75. The summed E-state index contributed by atoms with van der Waals surface area (Å²) in [5, 5.41) is 9.75. The van der Waals surface area contributed by atoms with E-state index in [0.717, 1.165) is 39.4 Å². The van der Waals surface area contributed by atoms with E-state index in [9.17, 15) is 4.79 Å². The number of hydrogen-bond acceptors (Lipinski definition) is 4. The average Bonchev–Trinajstić information content (AvgIpc) is 2.31. The van der Waals surface area contributed by atoms with Crippen LogP contribution in [0.1, 0.15) is 13.3 Å². The zero-order valence-corrected chi connectivity index (χ0v) is 9.65. The average molecular weight is 232 g/mol. The Hall–Kier alpha value is -1.14. The first-order chi connectivity index (χ1) is 7.74. The fourth-order valence-electron chi connectivity index (χ4n) is 1.30. The first kappa shape index (κ1) is 14.9. The fourth-order valence-corrected chi connectivity index (χ4v) is 1.30. The Labute approximate surface area is 95.6 Å². The Balaban J connectivity index is 0.000000673. The molecule has 0 atom stereocenters. The van der Waals surface area contributed by atoms with Crippen LogP contribution in [0.4, 0.5) is 0 Å². The van der Waals surface area contributed by atoms with E-state index in [4.69, 9.17) is 14.6 Å². The van der Waals surface area contributed by atoms with Crippen LogP contribution in [0, 0.1) is 0 Å². The molecule has 0 aromatic carbocycles. The van der Waals surface area contributed by atoms with Gasteiger partial charge in [0.05, 0.1) is 13.2 Å². The lowest BCUT2D eigenvalue weighted by molar-refractivity contribution is -0.123. The molecule has 94 valence electrons. The van der Waals surface area contributed by atoms with Crippen LogP contribution in [-0.2, 0) is 14.3 Å². The van der Waals surface area contributed by atoms with Crippen LogP contribution in [0.2, 0.25) is 0 Å². The minimum absolute atomic E-state index is 0.133. The van der Waals surface area contributed by atoms with Crippen molar-refractivity contribution < 1.29 is 19.4 Å². The van der Waals surface area contributed by atoms with Crippen molar-refractivity contribution in [3.63, 3.8) is 0 Å². The van der Waals surface area contributed by atoms with E-state index in [0.29, 0.717) is 6.42 Å². The van der Waals surface area contributed by atoms with Crippen LogP contribution in [0.5, 0.6) is 0 Å². The lowest BCUT2D eigenvalue weighted by Crippen LogP contribution is -2.41. The lowest BCUT2D eigenvalue weighted by atomic mass is 10.4. The molecule has 6 heteroatoms. The summed E-state index contributed by atoms with van der Waals surface area (Å²) in [6.45, 7) is 6.93. The van der Waals surface area contributed by atoms with Gasteiger partial charge in [0, 0.05) is 32.6 Å². The second kappa shape index (κ2) is 10.4. The molecule has 1 aliphatic heterocycles. The number of ether oxygens (including phenoxy) is 1. The maximum Gasteiger partial charge on any atom is 0.290 e. The van der Waals surface area contributed by atoms with Crippen molar-refractivity contribution in [3.05, 3.63) is 0 Å². The number of carbonyl (C=O) groups is 2. The monoisotopic (exact) mass is 232 g/mol. The molecule has 1 aliphatic rings. The Bertz CT molecular complexity index is 193. The fraction of sp³-hybridized carbons (Fsp3) is 0.800. The summed E-state index contributed by atoms with van der Waals surface area (Å²) in [6, 6.07) is 0. The van der Waals surface area contributed by atoms with Crippen molar-refractivity contribution in [2.24, 2.45) is 0 Å². The topological polar surface area (TPSA) is 78.9 Å². The molecule has 16 heavy (non-hydrogen) atoms. The molecule has 6 nitrogen and oxygen atoms in total. The minimum atomic E-state index is -0.250. The van der Waals surface area contributed by atoms with Gasteiger partial charge in [0.2, 0.25) is 5.91 Å². The summed E-state index contributed by atoms with van der Waals surface area (Å²) in [7, 11) is 0. The number of amides is 1. The largest absolute Gasteiger partial charge is 0.483 e. The minimum Gasteiger partial charge on any atom is -0.483 e. The van der Waals surface area contributed by atoms with Gasteiger partial charge in [0.25, 0.3) is 6.47 Å².